The average Bonchev–Trinajstić information content (AvgIpc) is 1.53. The summed E-state index contributed by atoms with van der Waals surface area (Å²) in [5, 5.41) is 28.0. The summed E-state index contributed by atoms with van der Waals surface area (Å²) < 4.78 is 10.0. The minimum Gasteiger partial charge on any atom is -0.309 e. The molecule has 17 aromatic carbocycles. The zero-order valence-electron chi connectivity index (χ0n) is 50.0. The van der Waals surface area contributed by atoms with Crippen LogP contribution in [0.4, 0.5) is 0 Å². The Morgan fingerprint density at radius 1 is 0.141 bits per heavy atom. The van der Waals surface area contributed by atoms with Gasteiger partial charge in [-0.3, -0.25) is 0 Å². The maximum Gasteiger partial charge on any atom is 0.0648 e. The molecule has 0 aliphatic rings. The molecular weight excluding hydrogens is 1110 g/mol. The molecule has 21 aromatic rings. The molecule has 0 amide bonds. The number of fused-ring (bicyclic) bond motifs is 28. The lowest BCUT2D eigenvalue weighted by Crippen LogP contribution is -1.96. The van der Waals surface area contributed by atoms with Crippen LogP contribution in [-0.2, 0) is 0 Å². The van der Waals surface area contributed by atoms with Crippen LogP contribution in [0.2, 0.25) is 0 Å². The van der Waals surface area contributed by atoms with E-state index in [1.54, 1.807) is 0 Å². The second-order valence-electron chi connectivity index (χ2n) is 24.6. The van der Waals surface area contributed by atoms with Gasteiger partial charge >= 0.3 is 0 Å². The van der Waals surface area contributed by atoms with E-state index in [1.165, 1.54) is 185 Å². The number of hydrogen-bond acceptors (Lipinski definition) is 0. The maximum atomic E-state index is 2.51. The SMILES string of the molecule is c1ccc(-n2c3ccc4ccccc4c3c3c4ccccc4c4c(c5ccccc5n4-c4ccc5c(ccc6ccccc65)c4)c32)cc1.c1ccc(-n2c3ccc4ccccc4c3c3c4ccccc4c4c(c5ccccc5n4-c4ccc5ccccc5c4)c32)cc1. The quantitative estimate of drug-likeness (QED) is 0.157. The Morgan fingerprint density at radius 3 is 0.978 bits per heavy atom. The maximum absolute atomic E-state index is 2.51. The first kappa shape index (κ1) is 50.7. The molecule has 4 heteroatoms. The second kappa shape index (κ2) is 19.6. The van der Waals surface area contributed by atoms with Crippen LogP contribution in [0, 0.1) is 0 Å². The highest BCUT2D eigenvalue weighted by atomic mass is 15.0. The molecule has 0 spiro atoms. The molecule has 4 aromatic heterocycles. The Labute approximate surface area is 528 Å². The van der Waals surface area contributed by atoms with Crippen molar-refractivity contribution in [1.29, 1.82) is 0 Å². The summed E-state index contributed by atoms with van der Waals surface area (Å²) in [5.41, 5.74) is 14.5. The van der Waals surface area contributed by atoms with Crippen LogP contribution in [-0.4, -0.2) is 18.3 Å². The molecular formula is C88H54N4. The summed E-state index contributed by atoms with van der Waals surface area (Å²) in [5.74, 6) is 0. The topological polar surface area (TPSA) is 19.7 Å². The summed E-state index contributed by atoms with van der Waals surface area (Å²) in [6.45, 7) is 0. The second-order valence-corrected chi connectivity index (χ2v) is 24.6. The highest BCUT2D eigenvalue weighted by molar-refractivity contribution is 6.41. The van der Waals surface area contributed by atoms with Gasteiger partial charge in [0.2, 0.25) is 0 Å². The first-order chi connectivity index (χ1) is 45.7. The van der Waals surface area contributed by atoms with Crippen molar-refractivity contribution >= 4 is 163 Å². The van der Waals surface area contributed by atoms with Crippen molar-refractivity contribution < 1.29 is 0 Å². The van der Waals surface area contributed by atoms with Gasteiger partial charge in [0, 0.05) is 76.6 Å². The Kier molecular flexibility index (Phi) is 10.8. The Balaban J connectivity index is 0.000000128. The summed E-state index contributed by atoms with van der Waals surface area (Å²) in [7, 11) is 0. The van der Waals surface area contributed by atoms with E-state index in [9.17, 15) is 0 Å². The molecule has 0 radical (unpaired) electrons. The van der Waals surface area contributed by atoms with E-state index in [0.717, 1.165) is 0 Å². The molecule has 4 heterocycles. The van der Waals surface area contributed by atoms with Crippen LogP contribution in [0.3, 0.4) is 0 Å². The van der Waals surface area contributed by atoms with Crippen molar-refractivity contribution in [3.8, 4) is 22.7 Å². The van der Waals surface area contributed by atoms with E-state index in [2.05, 4.69) is 346 Å². The highest BCUT2D eigenvalue weighted by Crippen LogP contribution is 2.51. The number of rotatable bonds is 4. The Morgan fingerprint density at radius 2 is 0.467 bits per heavy atom. The van der Waals surface area contributed by atoms with Gasteiger partial charge in [-0.05, 0) is 137 Å². The number of benzene rings is 17. The molecule has 0 bridgehead atoms. The lowest BCUT2D eigenvalue weighted by atomic mass is 9.97. The Bertz CT molecular complexity index is 6680. The fourth-order valence-corrected chi connectivity index (χ4v) is 16.1. The van der Waals surface area contributed by atoms with Gasteiger partial charge in [-0.15, -0.1) is 0 Å². The first-order valence-electron chi connectivity index (χ1n) is 31.8. The molecule has 426 valence electrons. The predicted octanol–water partition coefficient (Wildman–Crippen LogP) is 23.8. The minimum atomic E-state index is 1.17. The molecule has 0 atom stereocenters. The van der Waals surface area contributed by atoms with Gasteiger partial charge in [-0.1, -0.05) is 255 Å². The van der Waals surface area contributed by atoms with Crippen LogP contribution in [0.1, 0.15) is 0 Å². The van der Waals surface area contributed by atoms with E-state index < -0.39 is 0 Å². The van der Waals surface area contributed by atoms with E-state index >= 15 is 0 Å². The average molecular weight is 1170 g/mol. The van der Waals surface area contributed by atoms with Gasteiger partial charge in [0.1, 0.15) is 0 Å². The summed E-state index contributed by atoms with van der Waals surface area (Å²) in [6.07, 6.45) is 0. The molecule has 21 rings (SSSR count). The first-order valence-corrected chi connectivity index (χ1v) is 31.8. The summed E-state index contributed by atoms with van der Waals surface area (Å²) in [6, 6.07) is 120. The molecule has 4 nitrogen and oxygen atoms in total. The predicted molar refractivity (Wildman–Crippen MR) is 393 cm³/mol. The summed E-state index contributed by atoms with van der Waals surface area (Å²) >= 11 is 0. The molecule has 0 fully saturated rings. The zero-order valence-corrected chi connectivity index (χ0v) is 50.0. The van der Waals surface area contributed by atoms with E-state index in [4.69, 9.17) is 0 Å². The third kappa shape index (κ3) is 7.17. The zero-order chi connectivity index (χ0) is 60.1. The van der Waals surface area contributed by atoms with Gasteiger partial charge in [0.15, 0.2) is 0 Å². The summed E-state index contributed by atoms with van der Waals surface area (Å²) in [4.78, 5) is 0. The van der Waals surface area contributed by atoms with Crippen molar-refractivity contribution in [2.75, 3.05) is 0 Å². The van der Waals surface area contributed by atoms with Crippen molar-refractivity contribution in [2.24, 2.45) is 0 Å². The van der Waals surface area contributed by atoms with Gasteiger partial charge in [0.25, 0.3) is 0 Å². The minimum absolute atomic E-state index is 1.17. The molecule has 0 aliphatic heterocycles. The normalized spacial score (nSPS) is 12.1. The third-order valence-corrected chi connectivity index (χ3v) is 19.8. The number of aromatic nitrogens is 4. The Hall–Kier alpha value is -12.2. The smallest absolute Gasteiger partial charge is 0.0648 e. The largest absolute Gasteiger partial charge is 0.309 e. The van der Waals surface area contributed by atoms with Crippen molar-refractivity contribution in [3.63, 3.8) is 0 Å². The van der Waals surface area contributed by atoms with Crippen molar-refractivity contribution in [1.82, 2.24) is 18.3 Å². The van der Waals surface area contributed by atoms with Crippen LogP contribution >= 0.6 is 0 Å². The van der Waals surface area contributed by atoms with E-state index in [-0.39, 0.29) is 0 Å². The van der Waals surface area contributed by atoms with Crippen LogP contribution in [0.25, 0.3) is 185 Å². The third-order valence-electron chi connectivity index (χ3n) is 19.8. The van der Waals surface area contributed by atoms with Gasteiger partial charge in [0.05, 0.1) is 44.1 Å². The van der Waals surface area contributed by atoms with E-state index in [0.29, 0.717) is 0 Å². The molecule has 92 heavy (non-hydrogen) atoms. The van der Waals surface area contributed by atoms with Gasteiger partial charge in [-0.2, -0.15) is 0 Å². The van der Waals surface area contributed by atoms with Crippen molar-refractivity contribution in [3.05, 3.63) is 328 Å². The number of para-hydroxylation sites is 4. The number of hydrogen-bond donors (Lipinski definition) is 0. The van der Waals surface area contributed by atoms with Crippen LogP contribution in [0.5, 0.6) is 0 Å². The monoisotopic (exact) mass is 1170 g/mol. The lowest BCUT2D eigenvalue weighted by molar-refractivity contribution is 1.18. The lowest BCUT2D eigenvalue weighted by Gasteiger charge is -2.14. The van der Waals surface area contributed by atoms with Gasteiger partial charge < -0.3 is 18.3 Å². The van der Waals surface area contributed by atoms with Crippen molar-refractivity contribution in [2.45, 2.75) is 0 Å². The van der Waals surface area contributed by atoms with Gasteiger partial charge in [-0.25, -0.2) is 0 Å². The molecule has 0 saturated heterocycles. The molecule has 0 saturated carbocycles. The molecule has 0 aliphatic carbocycles. The molecule has 0 N–H and O–H groups in total. The molecule has 0 unspecified atom stereocenters. The van der Waals surface area contributed by atoms with E-state index in [1.807, 2.05) is 0 Å². The van der Waals surface area contributed by atoms with Crippen LogP contribution < -0.4 is 0 Å². The highest BCUT2D eigenvalue weighted by Gasteiger charge is 2.28. The fraction of sp³-hybridized carbons (Fsp3) is 0. The van der Waals surface area contributed by atoms with Crippen LogP contribution in [0.15, 0.2) is 328 Å². The number of nitrogens with zero attached hydrogens (tertiary/aromatic N) is 4. The standard InChI is InChI=1S/C46H28N2.C42H26N2/c1-2-14-32(15-3-1)47-41-27-24-30-13-5-7-17-36(30)42(41)43-37-18-8-9-19-38(37)45-44(46(43)47)39-20-10-11-21-40(39)48(45)33-25-26-35-31(28-33)23-22-29-12-4-6-16-34(29)35;1-2-15-30(16-3-1)43-37-25-23-28-13-6-7-17-32(28)38(37)39-33-18-8-9-19-34(33)41-40(42(39)43)35-20-10-11-21-36(35)44(41)31-24-22-27-12-4-5-14-29(27)26-31/h1-28H;1-26H. The fourth-order valence-electron chi connectivity index (χ4n) is 16.1.